The highest BCUT2D eigenvalue weighted by molar-refractivity contribution is 6.31. The minimum atomic E-state index is -0.421. The highest BCUT2D eigenvalue weighted by Crippen LogP contribution is 2.20. The Morgan fingerprint density at radius 1 is 1.25 bits per heavy atom. The average Bonchev–Trinajstić information content (AvgIpc) is 2.92. The quantitative estimate of drug-likeness (QED) is 0.719. The lowest BCUT2D eigenvalue weighted by atomic mass is 10.2. The van der Waals surface area contributed by atoms with Crippen molar-refractivity contribution in [1.82, 2.24) is 9.88 Å². The van der Waals surface area contributed by atoms with Crippen LogP contribution in [0.4, 0.5) is 4.39 Å². The molecule has 3 rings (SSSR count). The summed E-state index contributed by atoms with van der Waals surface area (Å²) in [6.07, 6.45) is 2.43. The predicted octanol–water partition coefficient (Wildman–Crippen LogP) is 3.56. The normalized spacial score (nSPS) is 10.8. The number of amides is 1. The van der Waals surface area contributed by atoms with Crippen molar-refractivity contribution in [3.63, 3.8) is 0 Å². The Hall–Kier alpha value is -2.66. The third-order valence-corrected chi connectivity index (χ3v) is 4.10. The molecule has 0 atom stereocenters. The molecule has 0 spiro atoms. The van der Waals surface area contributed by atoms with E-state index in [1.807, 2.05) is 24.3 Å². The molecule has 3 aromatic rings. The van der Waals surface area contributed by atoms with Gasteiger partial charge in [-0.15, -0.1) is 0 Å². The van der Waals surface area contributed by atoms with E-state index in [1.54, 1.807) is 10.8 Å². The second-order valence-corrected chi connectivity index (χ2v) is 5.77. The third kappa shape index (κ3) is 3.31. The van der Waals surface area contributed by atoms with Crippen LogP contribution >= 0.6 is 11.6 Å². The molecule has 1 aromatic heterocycles. The lowest BCUT2D eigenvalue weighted by Gasteiger charge is -2.09. The van der Waals surface area contributed by atoms with Gasteiger partial charge in [0.2, 0.25) is 5.91 Å². The maximum Gasteiger partial charge on any atom is 0.240 e. The van der Waals surface area contributed by atoms with E-state index in [0.717, 1.165) is 17.2 Å². The van der Waals surface area contributed by atoms with Crippen LogP contribution in [0.15, 0.2) is 48.7 Å². The second-order valence-electron chi connectivity index (χ2n) is 5.36. The molecule has 0 aliphatic rings. The van der Waals surface area contributed by atoms with E-state index in [9.17, 15) is 14.0 Å². The molecule has 2 aromatic carbocycles. The van der Waals surface area contributed by atoms with Crippen molar-refractivity contribution in [1.29, 1.82) is 0 Å². The average molecular weight is 345 g/mol. The van der Waals surface area contributed by atoms with Crippen molar-refractivity contribution < 1.29 is 14.0 Å². The number of fused-ring (bicyclic) bond motifs is 1. The van der Waals surface area contributed by atoms with Crippen LogP contribution in [0.5, 0.6) is 0 Å². The number of benzene rings is 2. The number of rotatable bonds is 5. The van der Waals surface area contributed by atoms with E-state index in [-0.39, 0.29) is 24.0 Å². The number of hydrogen-bond acceptors (Lipinski definition) is 2. The van der Waals surface area contributed by atoms with Gasteiger partial charge in [-0.25, -0.2) is 4.39 Å². The van der Waals surface area contributed by atoms with E-state index in [1.165, 1.54) is 18.2 Å². The lowest BCUT2D eigenvalue weighted by Crippen LogP contribution is -2.27. The molecule has 0 saturated carbocycles. The van der Waals surface area contributed by atoms with Gasteiger partial charge in [0.25, 0.3) is 0 Å². The van der Waals surface area contributed by atoms with E-state index in [0.29, 0.717) is 11.1 Å². The Bertz CT molecular complexity index is 921. The summed E-state index contributed by atoms with van der Waals surface area (Å²) < 4.78 is 14.7. The summed E-state index contributed by atoms with van der Waals surface area (Å²) in [7, 11) is 0. The lowest BCUT2D eigenvalue weighted by molar-refractivity contribution is -0.121. The first kappa shape index (κ1) is 16.2. The molecule has 0 radical (unpaired) electrons. The number of aldehydes is 1. The van der Waals surface area contributed by atoms with Crippen molar-refractivity contribution in [3.8, 4) is 0 Å². The van der Waals surface area contributed by atoms with E-state index in [4.69, 9.17) is 11.6 Å². The van der Waals surface area contributed by atoms with Gasteiger partial charge in [0.15, 0.2) is 6.29 Å². The molecule has 4 nitrogen and oxygen atoms in total. The summed E-state index contributed by atoms with van der Waals surface area (Å²) in [6, 6.07) is 11.4. The predicted molar refractivity (Wildman–Crippen MR) is 90.6 cm³/mol. The fourth-order valence-corrected chi connectivity index (χ4v) is 2.80. The summed E-state index contributed by atoms with van der Waals surface area (Å²) in [5.41, 5.74) is 1.99. The maximum atomic E-state index is 13.0. The largest absolute Gasteiger partial charge is 0.350 e. The first-order valence-corrected chi connectivity index (χ1v) is 7.70. The van der Waals surface area contributed by atoms with Crippen LogP contribution in [0.1, 0.15) is 15.9 Å². The summed E-state index contributed by atoms with van der Waals surface area (Å²) in [4.78, 5) is 23.3. The van der Waals surface area contributed by atoms with Crippen LogP contribution in [0.3, 0.4) is 0 Å². The summed E-state index contributed by atoms with van der Waals surface area (Å²) in [6.45, 7) is 0.283. The van der Waals surface area contributed by atoms with Gasteiger partial charge in [-0.05, 0) is 23.8 Å². The molecule has 1 N–H and O–H groups in total. The summed E-state index contributed by atoms with van der Waals surface area (Å²) in [5.74, 6) is -0.649. The standard InChI is InChI=1S/C18H14ClFN2O2/c19-16-7-14(20)6-5-12(16)8-21-18(24)10-22-9-13(11-23)15-3-1-2-4-17(15)22/h1-7,9,11H,8,10H2,(H,21,24). The van der Waals surface area contributed by atoms with Crippen molar-refractivity contribution in [3.05, 3.63) is 70.6 Å². The van der Waals surface area contributed by atoms with Gasteiger partial charge in [-0.2, -0.15) is 0 Å². The Kier molecular flexibility index (Phi) is 4.62. The Balaban J connectivity index is 1.72. The van der Waals surface area contributed by atoms with Crippen LogP contribution in [0.25, 0.3) is 10.9 Å². The molecule has 0 fully saturated rings. The number of aromatic nitrogens is 1. The number of hydrogen-bond donors (Lipinski definition) is 1. The molecule has 0 aliphatic heterocycles. The van der Waals surface area contributed by atoms with Crippen LogP contribution in [0, 0.1) is 5.82 Å². The Labute approximate surface area is 142 Å². The van der Waals surface area contributed by atoms with E-state index >= 15 is 0 Å². The SMILES string of the molecule is O=Cc1cn(CC(=O)NCc2ccc(F)cc2Cl)c2ccccc12. The molecular formula is C18H14ClFN2O2. The van der Waals surface area contributed by atoms with Gasteiger partial charge >= 0.3 is 0 Å². The van der Waals surface area contributed by atoms with Crippen LogP contribution in [0.2, 0.25) is 5.02 Å². The van der Waals surface area contributed by atoms with Crippen molar-refractivity contribution in [2.45, 2.75) is 13.1 Å². The van der Waals surface area contributed by atoms with Crippen molar-refractivity contribution >= 4 is 34.7 Å². The molecule has 0 unspecified atom stereocenters. The number of halogens is 2. The first-order chi connectivity index (χ1) is 11.6. The number of carbonyl (C=O) groups excluding carboxylic acids is 2. The van der Waals surface area contributed by atoms with Gasteiger partial charge in [0.05, 0.1) is 0 Å². The smallest absolute Gasteiger partial charge is 0.240 e. The molecule has 24 heavy (non-hydrogen) atoms. The zero-order valence-corrected chi connectivity index (χ0v) is 13.4. The summed E-state index contributed by atoms with van der Waals surface area (Å²) >= 11 is 5.94. The van der Waals surface area contributed by atoms with Crippen molar-refractivity contribution in [2.75, 3.05) is 0 Å². The van der Waals surface area contributed by atoms with Crippen LogP contribution < -0.4 is 5.32 Å². The third-order valence-electron chi connectivity index (χ3n) is 3.75. The molecule has 1 heterocycles. The molecule has 1 amide bonds. The molecule has 0 aliphatic carbocycles. The highest BCUT2D eigenvalue weighted by Gasteiger charge is 2.11. The molecule has 6 heteroatoms. The van der Waals surface area contributed by atoms with Gasteiger partial charge in [-0.1, -0.05) is 35.9 Å². The minimum absolute atomic E-state index is 0.0766. The number of nitrogens with one attached hydrogen (secondary N) is 1. The van der Waals surface area contributed by atoms with Crippen molar-refractivity contribution in [2.24, 2.45) is 0 Å². The molecule has 122 valence electrons. The maximum absolute atomic E-state index is 13.0. The van der Waals surface area contributed by atoms with Gasteiger partial charge in [0, 0.05) is 34.2 Å². The minimum Gasteiger partial charge on any atom is -0.350 e. The van der Waals surface area contributed by atoms with Gasteiger partial charge < -0.3 is 9.88 Å². The van der Waals surface area contributed by atoms with Crippen LogP contribution in [-0.4, -0.2) is 16.8 Å². The second kappa shape index (κ2) is 6.84. The first-order valence-electron chi connectivity index (χ1n) is 7.32. The topological polar surface area (TPSA) is 51.1 Å². The van der Waals surface area contributed by atoms with E-state index in [2.05, 4.69) is 5.32 Å². The molecule has 0 saturated heterocycles. The highest BCUT2D eigenvalue weighted by atomic mass is 35.5. The van der Waals surface area contributed by atoms with Gasteiger partial charge in [0.1, 0.15) is 12.4 Å². The zero-order valence-electron chi connectivity index (χ0n) is 12.6. The Morgan fingerprint density at radius 3 is 2.79 bits per heavy atom. The fraction of sp³-hybridized carbons (Fsp3) is 0.111. The van der Waals surface area contributed by atoms with E-state index < -0.39 is 5.82 Å². The number of para-hydroxylation sites is 1. The number of nitrogens with zero attached hydrogens (tertiary/aromatic N) is 1. The monoisotopic (exact) mass is 344 g/mol. The van der Waals surface area contributed by atoms with Gasteiger partial charge in [-0.3, -0.25) is 9.59 Å². The molecule has 0 bridgehead atoms. The number of carbonyl (C=O) groups is 2. The van der Waals surface area contributed by atoms with Crippen LogP contribution in [-0.2, 0) is 17.9 Å². The fourth-order valence-electron chi connectivity index (χ4n) is 2.57. The Morgan fingerprint density at radius 2 is 2.04 bits per heavy atom. The zero-order chi connectivity index (χ0) is 17.1. The summed E-state index contributed by atoms with van der Waals surface area (Å²) in [5, 5.41) is 3.82. The molecular weight excluding hydrogens is 331 g/mol.